The zero-order valence-electron chi connectivity index (χ0n) is 10.8. The summed E-state index contributed by atoms with van der Waals surface area (Å²) in [5.41, 5.74) is 9.37. The molecule has 1 unspecified atom stereocenters. The van der Waals surface area contributed by atoms with Gasteiger partial charge in [-0.25, -0.2) is 9.97 Å². The fourth-order valence-electron chi connectivity index (χ4n) is 2.56. The fraction of sp³-hybridized carbons (Fsp3) is 0.200. The highest BCUT2D eigenvalue weighted by atomic mass is 14.9. The van der Waals surface area contributed by atoms with Crippen molar-refractivity contribution in [1.82, 2.24) is 14.5 Å². The zero-order chi connectivity index (χ0) is 13.2. The third kappa shape index (κ3) is 2.00. The van der Waals surface area contributed by atoms with Gasteiger partial charge < -0.3 is 10.3 Å². The minimum absolute atomic E-state index is 0.106. The molecule has 96 valence electrons. The van der Waals surface area contributed by atoms with Crippen LogP contribution in [0.15, 0.2) is 49.1 Å². The van der Waals surface area contributed by atoms with Crippen LogP contribution in [0.2, 0.25) is 0 Å². The summed E-state index contributed by atoms with van der Waals surface area (Å²) in [5.74, 6) is 0.106. The number of para-hydroxylation sites is 1. The lowest BCUT2D eigenvalue weighted by Crippen LogP contribution is -2.15. The molecular weight excluding hydrogens is 236 g/mol. The molecule has 2 N–H and O–H groups in total. The van der Waals surface area contributed by atoms with Crippen molar-refractivity contribution in [2.75, 3.05) is 6.54 Å². The molecule has 0 aliphatic heterocycles. The third-order valence-corrected chi connectivity index (χ3v) is 3.50. The molecular formula is C15H16N4. The van der Waals surface area contributed by atoms with Crippen molar-refractivity contribution < 1.29 is 0 Å². The average molecular weight is 252 g/mol. The largest absolute Gasteiger partial charge is 0.350 e. The predicted octanol–water partition coefficient (Wildman–Crippen LogP) is 2.06. The standard InChI is InChI=1S/C15H16N4/c1-19-9-13(11-4-2-3-5-15(11)19)12(8-16)14-6-7-17-10-18-14/h2-7,9-10,12H,8,16H2,1H3. The first-order valence-electron chi connectivity index (χ1n) is 6.31. The molecule has 0 amide bonds. The van der Waals surface area contributed by atoms with Gasteiger partial charge in [0.2, 0.25) is 0 Å². The molecule has 1 aromatic carbocycles. The molecule has 0 saturated heterocycles. The molecule has 0 radical (unpaired) electrons. The van der Waals surface area contributed by atoms with E-state index in [2.05, 4.69) is 46.0 Å². The molecule has 0 fully saturated rings. The van der Waals surface area contributed by atoms with Gasteiger partial charge in [-0.2, -0.15) is 0 Å². The summed E-state index contributed by atoms with van der Waals surface area (Å²) in [5, 5.41) is 1.24. The smallest absolute Gasteiger partial charge is 0.115 e. The molecule has 19 heavy (non-hydrogen) atoms. The van der Waals surface area contributed by atoms with Crippen molar-refractivity contribution in [3.8, 4) is 0 Å². The van der Waals surface area contributed by atoms with E-state index in [9.17, 15) is 0 Å². The van der Waals surface area contributed by atoms with Crippen molar-refractivity contribution >= 4 is 10.9 Å². The molecule has 1 atom stereocenters. The van der Waals surface area contributed by atoms with E-state index in [0.29, 0.717) is 6.54 Å². The normalized spacial score (nSPS) is 12.7. The number of aryl methyl sites for hydroxylation is 1. The van der Waals surface area contributed by atoms with Crippen LogP contribution in [0.3, 0.4) is 0 Å². The minimum Gasteiger partial charge on any atom is -0.350 e. The lowest BCUT2D eigenvalue weighted by molar-refractivity contribution is 0.781. The first kappa shape index (κ1) is 11.9. The van der Waals surface area contributed by atoms with Crippen molar-refractivity contribution in [3.05, 3.63) is 60.3 Å². The summed E-state index contributed by atoms with van der Waals surface area (Å²) in [7, 11) is 2.05. The Balaban J connectivity index is 2.17. The van der Waals surface area contributed by atoms with E-state index in [1.807, 2.05) is 12.1 Å². The first-order valence-corrected chi connectivity index (χ1v) is 6.31. The van der Waals surface area contributed by atoms with Crippen LogP contribution in [-0.4, -0.2) is 21.1 Å². The van der Waals surface area contributed by atoms with Gasteiger partial charge >= 0.3 is 0 Å². The maximum atomic E-state index is 5.97. The Bertz CT molecular complexity index is 688. The second-order valence-corrected chi connectivity index (χ2v) is 4.64. The van der Waals surface area contributed by atoms with Crippen molar-refractivity contribution in [3.63, 3.8) is 0 Å². The Morgan fingerprint density at radius 1 is 1.26 bits per heavy atom. The van der Waals surface area contributed by atoms with E-state index in [1.165, 1.54) is 16.5 Å². The van der Waals surface area contributed by atoms with Gasteiger partial charge in [-0.3, -0.25) is 0 Å². The monoisotopic (exact) mass is 252 g/mol. The maximum Gasteiger partial charge on any atom is 0.115 e. The molecule has 4 nitrogen and oxygen atoms in total. The lowest BCUT2D eigenvalue weighted by atomic mass is 9.95. The van der Waals surface area contributed by atoms with Gasteiger partial charge in [0.25, 0.3) is 0 Å². The number of aromatic nitrogens is 3. The Hall–Kier alpha value is -2.20. The summed E-state index contributed by atoms with van der Waals surface area (Å²) >= 11 is 0. The zero-order valence-corrected chi connectivity index (χ0v) is 10.8. The van der Waals surface area contributed by atoms with E-state index in [-0.39, 0.29) is 5.92 Å². The van der Waals surface area contributed by atoms with Crippen LogP contribution in [0.1, 0.15) is 17.2 Å². The summed E-state index contributed by atoms with van der Waals surface area (Å²) in [6.07, 6.45) is 5.48. The van der Waals surface area contributed by atoms with Gasteiger partial charge in [0.05, 0.1) is 5.69 Å². The molecule has 0 saturated carbocycles. The number of nitrogens with zero attached hydrogens (tertiary/aromatic N) is 3. The van der Waals surface area contributed by atoms with Crippen LogP contribution >= 0.6 is 0 Å². The Morgan fingerprint density at radius 2 is 2.11 bits per heavy atom. The predicted molar refractivity (Wildman–Crippen MR) is 75.8 cm³/mol. The number of nitrogens with two attached hydrogens (primary N) is 1. The quantitative estimate of drug-likeness (QED) is 0.776. The number of rotatable bonds is 3. The average Bonchev–Trinajstić information content (AvgIpc) is 2.79. The van der Waals surface area contributed by atoms with Gasteiger partial charge in [0.1, 0.15) is 6.33 Å². The summed E-state index contributed by atoms with van der Waals surface area (Å²) in [6, 6.07) is 10.3. The van der Waals surface area contributed by atoms with Gasteiger partial charge in [-0.1, -0.05) is 18.2 Å². The van der Waals surface area contributed by atoms with Gasteiger partial charge in [0.15, 0.2) is 0 Å². The molecule has 0 bridgehead atoms. The van der Waals surface area contributed by atoms with Crippen molar-refractivity contribution in [2.24, 2.45) is 12.8 Å². The SMILES string of the molecule is Cn1cc(C(CN)c2ccncn2)c2ccccc21. The minimum atomic E-state index is 0.106. The third-order valence-electron chi connectivity index (χ3n) is 3.50. The number of fused-ring (bicyclic) bond motifs is 1. The summed E-state index contributed by atoms with van der Waals surface area (Å²) in [6.45, 7) is 0.533. The topological polar surface area (TPSA) is 56.7 Å². The van der Waals surface area contributed by atoms with Crippen LogP contribution in [-0.2, 0) is 7.05 Å². The fourth-order valence-corrected chi connectivity index (χ4v) is 2.56. The van der Waals surface area contributed by atoms with Crippen LogP contribution in [0.4, 0.5) is 0 Å². The van der Waals surface area contributed by atoms with Crippen LogP contribution in [0.5, 0.6) is 0 Å². The van der Waals surface area contributed by atoms with E-state index >= 15 is 0 Å². The molecule has 3 rings (SSSR count). The Morgan fingerprint density at radius 3 is 2.84 bits per heavy atom. The van der Waals surface area contributed by atoms with Crippen LogP contribution < -0.4 is 5.73 Å². The highest BCUT2D eigenvalue weighted by molar-refractivity contribution is 5.84. The molecule has 0 aliphatic rings. The van der Waals surface area contributed by atoms with E-state index < -0.39 is 0 Å². The first-order chi connectivity index (χ1) is 9.31. The number of benzene rings is 1. The van der Waals surface area contributed by atoms with E-state index in [0.717, 1.165) is 5.69 Å². The second-order valence-electron chi connectivity index (χ2n) is 4.64. The molecule has 2 heterocycles. The lowest BCUT2D eigenvalue weighted by Gasteiger charge is -2.13. The number of hydrogen-bond acceptors (Lipinski definition) is 3. The molecule has 3 aromatic rings. The molecule has 0 spiro atoms. The van der Waals surface area contributed by atoms with E-state index in [1.54, 1.807) is 12.5 Å². The van der Waals surface area contributed by atoms with Gasteiger partial charge in [0, 0.05) is 42.8 Å². The maximum absolute atomic E-state index is 5.97. The van der Waals surface area contributed by atoms with Crippen molar-refractivity contribution in [2.45, 2.75) is 5.92 Å². The summed E-state index contributed by atoms with van der Waals surface area (Å²) in [4.78, 5) is 8.31. The van der Waals surface area contributed by atoms with Gasteiger partial charge in [-0.15, -0.1) is 0 Å². The highest BCUT2D eigenvalue weighted by Gasteiger charge is 2.18. The molecule has 2 aromatic heterocycles. The van der Waals surface area contributed by atoms with Crippen LogP contribution in [0.25, 0.3) is 10.9 Å². The Kier molecular flexibility index (Phi) is 3.01. The second kappa shape index (κ2) is 4.82. The summed E-state index contributed by atoms with van der Waals surface area (Å²) < 4.78 is 2.13. The number of hydrogen-bond donors (Lipinski definition) is 1. The molecule has 4 heteroatoms. The Labute approximate surface area is 111 Å². The molecule has 0 aliphatic carbocycles. The van der Waals surface area contributed by atoms with E-state index in [4.69, 9.17) is 5.73 Å². The van der Waals surface area contributed by atoms with Crippen molar-refractivity contribution in [1.29, 1.82) is 0 Å². The van der Waals surface area contributed by atoms with Crippen LogP contribution in [0, 0.1) is 0 Å². The van der Waals surface area contributed by atoms with Gasteiger partial charge in [-0.05, 0) is 17.7 Å². The highest BCUT2D eigenvalue weighted by Crippen LogP contribution is 2.30.